The molecule has 12 heavy (non-hydrogen) atoms. The molecule has 2 heterocycles. The van der Waals surface area contributed by atoms with E-state index in [-0.39, 0.29) is 0 Å². The zero-order valence-corrected chi connectivity index (χ0v) is 8.35. The van der Waals surface area contributed by atoms with Gasteiger partial charge in [0.2, 0.25) is 0 Å². The molecule has 4 heteroatoms. The minimum Gasteiger partial charge on any atom is -0.297 e. The molecule has 2 aromatic heterocycles. The van der Waals surface area contributed by atoms with Crippen LogP contribution in [0.5, 0.6) is 0 Å². The Kier molecular flexibility index (Phi) is 1.94. The van der Waals surface area contributed by atoms with Gasteiger partial charge in [0.05, 0.1) is 19.6 Å². The zero-order valence-electron chi connectivity index (χ0n) is 5.95. The minimum atomic E-state index is 0.698. The van der Waals surface area contributed by atoms with E-state index in [0.717, 1.165) is 21.0 Å². The van der Waals surface area contributed by atoms with Crippen molar-refractivity contribution in [1.82, 2.24) is 4.98 Å². The molecule has 0 fully saturated rings. The maximum absolute atomic E-state index is 10.5. The summed E-state index contributed by atoms with van der Waals surface area (Å²) in [5.74, 6) is 0. The SMILES string of the molecule is O=Cc1sc2cccnc2c1Br. The van der Waals surface area contributed by atoms with Crippen LogP contribution < -0.4 is 0 Å². The third-order valence-corrected chi connectivity index (χ3v) is 3.66. The third kappa shape index (κ3) is 1.07. The summed E-state index contributed by atoms with van der Waals surface area (Å²) in [6.45, 7) is 0. The monoisotopic (exact) mass is 241 g/mol. The highest BCUT2D eigenvalue weighted by atomic mass is 79.9. The quantitative estimate of drug-likeness (QED) is 0.719. The number of fused-ring (bicyclic) bond motifs is 1. The highest BCUT2D eigenvalue weighted by Gasteiger charge is 2.08. The van der Waals surface area contributed by atoms with Crippen molar-refractivity contribution in [2.24, 2.45) is 0 Å². The van der Waals surface area contributed by atoms with Crippen LogP contribution in [0, 0.1) is 0 Å². The normalized spacial score (nSPS) is 10.4. The molecule has 60 valence electrons. The van der Waals surface area contributed by atoms with Crippen molar-refractivity contribution in [3.8, 4) is 0 Å². The fraction of sp³-hybridized carbons (Fsp3) is 0. The molecule has 0 unspecified atom stereocenters. The first-order valence-corrected chi connectivity index (χ1v) is 4.92. The fourth-order valence-electron chi connectivity index (χ4n) is 0.994. The highest BCUT2D eigenvalue weighted by molar-refractivity contribution is 9.10. The van der Waals surface area contributed by atoms with Gasteiger partial charge in [-0.1, -0.05) is 0 Å². The van der Waals surface area contributed by atoms with E-state index in [9.17, 15) is 4.79 Å². The van der Waals surface area contributed by atoms with Gasteiger partial charge in [0, 0.05) is 6.20 Å². The lowest BCUT2D eigenvalue weighted by Gasteiger charge is -1.85. The predicted molar refractivity (Wildman–Crippen MR) is 52.7 cm³/mol. The third-order valence-electron chi connectivity index (χ3n) is 1.52. The molecule has 2 nitrogen and oxygen atoms in total. The minimum absolute atomic E-state index is 0.698. The van der Waals surface area contributed by atoms with Crippen molar-refractivity contribution in [2.75, 3.05) is 0 Å². The first-order valence-electron chi connectivity index (χ1n) is 3.31. The molecular weight excluding hydrogens is 238 g/mol. The van der Waals surface area contributed by atoms with Gasteiger partial charge in [0.25, 0.3) is 0 Å². The van der Waals surface area contributed by atoms with E-state index in [1.807, 2.05) is 12.1 Å². The van der Waals surface area contributed by atoms with Gasteiger partial charge in [-0.05, 0) is 28.1 Å². The Hall–Kier alpha value is -0.740. The molecule has 0 radical (unpaired) electrons. The number of aldehydes is 1. The summed E-state index contributed by atoms with van der Waals surface area (Å²) in [6.07, 6.45) is 2.56. The summed E-state index contributed by atoms with van der Waals surface area (Å²) in [5, 5.41) is 0. The van der Waals surface area contributed by atoms with Crippen molar-refractivity contribution in [3.05, 3.63) is 27.7 Å². The number of rotatable bonds is 1. The standard InChI is InChI=1S/C8H4BrNOS/c9-7-6(4-11)12-5-2-1-3-10-8(5)7/h1-4H. The van der Waals surface area contributed by atoms with Crippen LogP contribution in [0.25, 0.3) is 10.2 Å². The summed E-state index contributed by atoms with van der Waals surface area (Å²) >= 11 is 4.78. The summed E-state index contributed by atoms with van der Waals surface area (Å²) in [6, 6.07) is 3.81. The Balaban J connectivity index is 2.87. The van der Waals surface area contributed by atoms with Crippen LogP contribution in [0.4, 0.5) is 0 Å². The second-order valence-electron chi connectivity index (χ2n) is 2.25. The van der Waals surface area contributed by atoms with Crippen LogP contribution in [-0.4, -0.2) is 11.3 Å². The lowest BCUT2D eigenvalue weighted by molar-refractivity contribution is 0.112. The molecule has 0 aromatic carbocycles. The van der Waals surface area contributed by atoms with Gasteiger partial charge in [-0.15, -0.1) is 11.3 Å². The average Bonchev–Trinajstić information content (AvgIpc) is 2.44. The van der Waals surface area contributed by atoms with E-state index >= 15 is 0 Å². The van der Waals surface area contributed by atoms with Gasteiger partial charge in [-0.3, -0.25) is 9.78 Å². The van der Waals surface area contributed by atoms with E-state index < -0.39 is 0 Å². The molecule has 0 saturated carbocycles. The number of thiophene rings is 1. The highest BCUT2D eigenvalue weighted by Crippen LogP contribution is 2.32. The first-order chi connectivity index (χ1) is 5.83. The van der Waals surface area contributed by atoms with Gasteiger partial charge in [0.15, 0.2) is 6.29 Å². The Morgan fingerprint density at radius 1 is 1.58 bits per heavy atom. The molecule has 0 bridgehead atoms. The number of carbonyl (C=O) groups is 1. The Morgan fingerprint density at radius 3 is 3.08 bits per heavy atom. The van der Waals surface area contributed by atoms with Gasteiger partial charge in [0.1, 0.15) is 0 Å². The van der Waals surface area contributed by atoms with E-state index in [1.54, 1.807) is 6.20 Å². The molecule has 0 aliphatic rings. The zero-order chi connectivity index (χ0) is 8.55. The molecule has 0 aliphatic carbocycles. The van der Waals surface area contributed by atoms with Crippen LogP contribution in [0.3, 0.4) is 0 Å². The summed E-state index contributed by atoms with van der Waals surface area (Å²) in [7, 11) is 0. The topological polar surface area (TPSA) is 30.0 Å². The molecule has 0 saturated heterocycles. The molecule has 0 spiro atoms. The molecule has 0 amide bonds. The summed E-state index contributed by atoms with van der Waals surface area (Å²) in [5.41, 5.74) is 0.865. The van der Waals surface area contributed by atoms with Crippen molar-refractivity contribution >= 4 is 43.8 Å². The molecule has 2 aromatic rings. The Bertz CT molecular complexity index is 438. The van der Waals surface area contributed by atoms with Crippen molar-refractivity contribution in [2.45, 2.75) is 0 Å². The largest absolute Gasteiger partial charge is 0.297 e. The number of hydrogen-bond donors (Lipinski definition) is 0. The van der Waals surface area contributed by atoms with Crippen LogP contribution >= 0.6 is 27.3 Å². The van der Waals surface area contributed by atoms with Gasteiger partial charge in [-0.2, -0.15) is 0 Å². The van der Waals surface area contributed by atoms with E-state index in [2.05, 4.69) is 20.9 Å². The van der Waals surface area contributed by atoms with Crippen LogP contribution in [0.2, 0.25) is 0 Å². The molecule has 0 aliphatic heterocycles. The van der Waals surface area contributed by atoms with Gasteiger partial charge >= 0.3 is 0 Å². The van der Waals surface area contributed by atoms with E-state index in [1.165, 1.54) is 11.3 Å². The number of pyridine rings is 1. The Morgan fingerprint density at radius 2 is 2.42 bits per heavy atom. The summed E-state index contributed by atoms with van der Waals surface area (Å²) < 4.78 is 1.84. The second-order valence-corrected chi connectivity index (χ2v) is 4.13. The van der Waals surface area contributed by atoms with Crippen LogP contribution in [-0.2, 0) is 0 Å². The Labute approximate surface area is 81.4 Å². The maximum Gasteiger partial charge on any atom is 0.161 e. The van der Waals surface area contributed by atoms with E-state index in [0.29, 0.717) is 4.88 Å². The molecule has 0 N–H and O–H groups in total. The molecule has 2 rings (SSSR count). The van der Waals surface area contributed by atoms with E-state index in [4.69, 9.17) is 0 Å². The van der Waals surface area contributed by atoms with Crippen LogP contribution in [0.1, 0.15) is 9.67 Å². The number of hydrogen-bond acceptors (Lipinski definition) is 3. The maximum atomic E-state index is 10.5. The first kappa shape index (κ1) is 7.89. The number of aromatic nitrogens is 1. The number of carbonyl (C=O) groups excluding carboxylic acids is 1. The summed E-state index contributed by atoms with van der Waals surface area (Å²) in [4.78, 5) is 15.4. The van der Waals surface area contributed by atoms with Gasteiger partial charge < -0.3 is 0 Å². The van der Waals surface area contributed by atoms with Crippen LogP contribution in [0.15, 0.2) is 22.8 Å². The number of nitrogens with zero attached hydrogens (tertiary/aromatic N) is 1. The van der Waals surface area contributed by atoms with Crippen molar-refractivity contribution in [3.63, 3.8) is 0 Å². The second kappa shape index (κ2) is 2.95. The molecule has 0 atom stereocenters. The van der Waals surface area contributed by atoms with Crippen molar-refractivity contribution in [1.29, 1.82) is 0 Å². The fourth-order valence-corrected chi connectivity index (χ4v) is 2.65. The lowest BCUT2D eigenvalue weighted by atomic mass is 10.4. The predicted octanol–water partition coefficient (Wildman–Crippen LogP) is 2.87. The smallest absolute Gasteiger partial charge is 0.161 e. The van der Waals surface area contributed by atoms with Crippen molar-refractivity contribution < 1.29 is 4.79 Å². The van der Waals surface area contributed by atoms with Gasteiger partial charge in [-0.25, -0.2) is 0 Å². The number of halogens is 1. The lowest BCUT2D eigenvalue weighted by Crippen LogP contribution is -1.73. The average molecular weight is 242 g/mol. The molecular formula is C8H4BrNOS.